The summed E-state index contributed by atoms with van der Waals surface area (Å²) in [5.41, 5.74) is 4.51. The second kappa shape index (κ2) is 9.49. The number of rotatable bonds is 5. The number of nitrogens with zero attached hydrogens (tertiary/aromatic N) is 2. The Hall–Kier alpha value is -2.81. The SMILES string of the molecule is O=C(O)c1cc(Cl)c(N2C(=O)NCc3c(-c4ccccc4Cl)cc(CN4CC5CC4CN5)cc32)c(Cl)c1. The maximum absolute atomic E-state index is 13.3. The second-order valence-electron chi connectivity index (χ2n) is 9.63. The zero-order chi connectivity index (χ0) is 25.8. The van der Waals surface area contributed by atoms with E-state index in [4.69, 9.17) is 34.8 Å². The molecule has 2 bridgehead atoms. The smallest absolute Gasteiger partial charge is 0.335 e. The van der Waals surface area contributed by atoms with Crippen molar-refractivity contribution in [2.45, 2.75) is 31.6 Å². The number of hydrogen-bond acceptors (Lipinski definition) is 4. The highest BCUT2D eigenvalue weighted by Gasteiger charge is 2.38. The molecule has 2 unspecified atom stereocenters. The van der Waals surface area contributed by atoms with Crippen LogP contribution in [0, 0.1) is 0 Å². The van der Waals surface area contributed by atoms with Crippen molar-refractivity contribution in [2.24, 2.45) is 0 Å². The summed E-state index contributed by atoms with van der Waals surface area (Å²) in [6, 6.07) is 15.0. The molecule has 2 amide bonds. The third-order valence-electron chi connectivity index (χ3n) is 7.35. The lowest BCUT2D eigenvalue weighted by Crippen LogP contribution is -2.43. The number of fused-ring (bicyclic) bond motifs is 3. The van der Waals surface area contributed by atoms with Crippen molar-refractivity contribution in [3.05, 3.63) is 80.3 Å². The fourth-order valence-corrected chi connectivity index (χ4v) is 6.56. The van der Waals surface area contributed by atoms with Crippen molar-refractivity contribution >= 4 is 58.2 Å². The predicted molar refractivity (Wildman–Crippen MR) is 145 cm³/mol. The van der Waals surface area contributed by atoms with Crippen LogP contribution in [-0.2, 0) is 13.1 Å². The molecule has 10 heteroatoms. The molecule has 2 saturated heterocycles. The molecule has 190 valence electrons. The van der Waals surface area contributed by atoms with E-state index in [0.29, 0.717) is 29.3 Å². The standard InChI is InChI=1S/C27H23Cl3N4O3/c28-21-4-2-1-3-18(21)19-5-14(12-33-13-16-9-17(33)10-31-16)6-24-20(19)11-32-27(37)34(24)25-22(29)7-15(26(35)36)8-23(25)30/h1-8,16-17,31H,9-13H2,(H,32,37)(H,35,36). The normalized spacial score (nSPS) is 20.7. The Kier molecular flexibility index (Phi) is 6.29. The first kappa shape index (κ1) is 24.5. The number of carboxylic acid groups (broad SMARTS) is 1. The Morgan fingerprint density at radius 3 is 2.43 bits per heavy atom. The van der Waals surface area contributed by atoms with Crippen molar-refractivity contribution in [1.29, 1.82) is 0 Å². The molecule has 0 saturated carbocycles. The average Bonchev–Trinajstić information content (AvgIpc) is 3.48. The lowest BCUT2D eigenvalue weighted by atomic mass is 9.93. The first-order valence-corrected chi connectivity index (χ1v) is 13.1. The quantitative estimate of drug-likeness (QED) is 0.363. The lowest BCUT2D eigenvalue weighted by Gasteiger charge is -2.34. The number of piperazine rings is 1. The Morgan fingerprint density at radius 1 is 1.03 bits per heavy atom. The van der Waals surface area contributed by atoms with Gasteiger partial charge in [0.15, 0.2) is 0 Å². The van der Waals surface area contributed by atoms with Gasteiger partial charge in [0.1, 0.15) is 0 Å². The molecule has 0 spiro atoms. The van der Waals surface area contributed by atoms with Crippen LogP contribution in [0.5, 0.6) is 0 Å². The molecule has 7 nitrogen and oxygen atoms in total. The van der Waals surface area contributed by atoms with E-state index in [2.05, 4.69) is 21.6 Å². The van der Waals surface area contributed by atoms with Gasteiger partial charge in [-0.15, -0.1) is 0 Å². The van der Waals surface area contributed by atoms with Crippen LogP contribution in [0.3, 0.4) is 0 Å². The van der Waals surface area contributed by atoms with Crippen LogP contribution in [0.1, 0.15) is 27.9 Å². The number of likely N-dealkylation sites (tertiary alicyclic amines) is 1. The van der Waals surface area contributed by atoms with Gasteiger partial charge in [-0.05, 0) is 47.9 Å². The largest absolute Gasteiger partial charge is 0.478 e. The maximum Gasteiger partial charge on any atom is 0.335 e. The molecule has 2 atom stereocenters. The average molecular weight is 558 g/mol. The number of amides is 2. The summed E-state index contributed by atoms with van der Waals surface area (Å²) < 4.78 is 0. The molecule has 37 heavy (non-hydrogen) atoms. The summed E-state index contributed by atoms with van der Waals surface area (Å²) in [4.78, 5) is 28.7. The van der Waals surface area contributed by atoms with E-state index in [1.165, 1.54) is 17.0 Å². The van der Waals surface area contributed by atoms with E-state index in [0.717, 1.165) is 48.3 Å². The topological polar surface area (TPSA) is 84.9 Å². The molecular formula is C27H23Cl3N4O3. The van der Waals surface area contributed by atoms with Crippen molar-refractivity contribution in [2.75, 3.05) is 18.0 Å². The van der Waals surface area contributed by atoms with Crippen LogP contribution in [0.15, 0.2) is 48.5 Å². The summed E-state index contributed by atoms with van der Waals surface area (Å²) in [7, 11) is 0. The number of anilines is 2. The Balaban J connectivity index is 1.52. The summed E-state index contributed by atoms with van der Waals surface area (Å²) in [5, 5.41) is 16.6. The number of nitrogens with one attached hydrogen (secondary N) is 2. The fourth-order valence-electron chi connectivity index (χ4n) is 5.66. The van der Waals surface area contributed by atoms with Crippen molar-refractivity contribution < 1.29 is 14.7 Å². The van der Waals surface area contributed by atoms with Gasteiger partial charge in [0.25, 0.3) is 0 Å². The van der Waals surface area contributed by atoms with E-state index >= 15 is 0 Å². The molecule has 0 aromatic heterocycles. The van der Waals surface area contributed by atoms with E-state index in [-0.39, 0.29) is 21.3 Å². The molecule has 3 aliphatic heterocycles. The van der Waals surface area contributed by atoms with Gasteiger partial charge in [-0.25, -0.2) is 9.59 Å². The molecular weight excluding hydrogens is 535 g/mol. The molecule has 0 radical (unpaired) electrons. The van der Waals surface area contributed by atoms with Crippen LogP contribution in [-0.4, -0.2) is 47.2 Å². The minimum Gasteiger partial charge on any atom is -0.478 e. The minimum absolute atomic E-state index is 0.0559. The zero-order valence-corrected chi connectivity index (χ0v) is 21.9. The van der Waals surface area contributed by atoms with E-state index in [1.807, 2.05) is 30.3 Å². The van der Waals surface area contributed by atoms with Crippen molar-refractivity contribution in [3.8, 4) is 11.1 Å². The van der Waals surface area contributed by atoms with Gasteiger partial charge < -0.3 is 15.7 Å². The van der Waals surface area contributed by atoms with Crippen LogP contribution >= 0.6 is 34.8 Å². The van der Waals surface area contributed by atoms with Crippen LogP contribution in [0.4, 0.5) is 16.2 Å². The molecule has 2 fully saturated rings. The first-order chi connectivity index (χ1) is 17.8. The van der Waals surface area contributed by atoms with Crippen LogP contribution in [0.2, 0.25) is 15.1 Å². The lowest BCUT2D eigenvalue weighted by molar-refractivity contribution is 0.0697. The number of halogens is 3. The van der Waals surface area contributed by atoms with E-state index < -0.39 is 12.0 Å². The summed E-state index contributed by atoms with van der Waals surface area (Å²) in [6.07, 6.45) is 1.14. The van der Waals surface area contributed by atoms with Gasteiger partial charge in [0, 0.05) is 54.4 Å². The van der Waals surface area contributed by atoms with Gasteiger partial charge >= 0.3 is 12.0 Å². The molecule has 3 heterocycles. The van der Waals surface area contributed by atoms with Crippen molar-refractivity contribution in [1.82, 2.24) is 15.5 Å². The Bertz CT molecular complexity index is 1420. The summed E-state index contributed by atoms with van der Waals surface area (Å²) in [6.45, 7) is 2.97. The number of carbonyl (C=O) groups is 2. The number of urea groups is 1. The highest BCUT2D eigenvalue weighted by Crippen LogP contribution is 2.45. The third-order valence-corrected chi connectivity index (χ3v) is 8.26. The monoisotopic (exact) mass is 556 g/mol. The maximum atomic E-state index is 13.3. The van der Waals surface area contributed by atoms with E-state index in [9.17, 15) is 14.7 Å². The van der Waals surface area contributed by atoms with E-state index in [1.54, 1.807) is 0 Å². The third kappa shape index (κ3) is 4.35. The zero-order valence-electron chi connectivity index (χ0n) is 19.6. The van der Waals surface area contributed by atoms with Gasteiger partial charge in [-0.3, -0.25) is 9.80 Å². The Morgan fingerprint density at radius 2 is 1.78 bits per heavy atom. The molecule has 3 aromatic carbocycles. The summed E-state index contributed by atoms with van der Waals surface area (Å²) in [5.74, 6) is -1.16. The Labute approximate surface area is 228 Å². The highest BCUT2D eigenvalue weighted by atomic mass is 35.5. The van der Waals surface area contributed by atoms with Gasteiger partial charge in [-0.2, -0.15) is 0 Å². The summed E-state index contributed by atoms with van der Waals surface area (Å²) >= 11 is 19.7. The number of benzene rings is 3. The number of hydrogen-bond donors (Lipinski definition) is 3. The van der Waals surface area contributed by atoms with Crippen LogP contribution in [0.25, 0.3) is 11.1 Å². The van der Waals surface area contributed by atoms with Gasteiger partial charge in [-0.1, -0.05) is 53.0 Å². The molecule has 6 rings (SSSR count). The molecule has 3 aliphatic rings. The van der Waals surface area contributed by atoms with Gasteiger partial charge in [0.2, 0.25) is 0 Å². The molecule has 3 N–H and O–H groups in total. The second-order valence-corrected chi connectivity index (χ2v) is 10.9. The minimum atomic E-state index is -1.16. The number of carboxylic acids is 1. The molecule has 3 aromatic rings. The van der Waals surface area contributed by atoms with Crippen molar-refractivity contribution in [3.63, 3.8) is 0 Å². The fraction of sp³-hybridized carbons (Fsp3) is 0.259. The van der Waals surface area contributed by atoms with Gasteiger partial charge in [0.05, 0.1) is 27.0 Å². The van der Waals surface area contributed by atoms with Crippen LogP contribution < -0.4 is 15.5 Å². The molecule has 0 aliphatic carbocycles. The highest BCUT2D eigenvalue weighted by molar-refractivity contribution is 6.41. The number of aromatic carboxylic acids is 1. The predicted octanol–water partition coefficient (Wildman–Crippen LogP) is 5.92. The first-order valence-electron chi connectivity index (χ1n) is 12.0. The number of carbonyl (C=O) groups excluding carboxylic acids is 1.